The number of amides is 1. The van der Waals surface area contributed by atoms with E-state index in [-0.39, 0.29) is 18.2 Å². The number of piperazine rings is 1. The number of phenols is 1. The maximum Gasteiger partial charge on any atom is 0.341 e. The molecule has 1 aromatic carbocycles. The van der Waals surface area contributed by atoms with E-state index >= 15 is 0 Å². The van der Waals surface area contributed by atoms with Crippen LogP contribution in [0.25, 0.3) is 0 Å². The number of ether oxygens (including phenoxy) is 1. The van der Waals surface area contributed by atoms with Gasteiger partial charge in [0.2, 0.25) is 5.91 Å². The third kappa shape index (κ3) is 5.07. The molecular weight excluding hydrogens is 390 g/mol. The number of aryl methyl sites for hydroxylation is 1. The van der Waals surface area contributed by atoms with Crippen molar-refractivity contribution in [2.75, 3.05) is 49.5 Å². The maximum atomic E-state index is 12.6. The molecule has 0 aliphatic carbocycles. The molecule has 2 aromatic rings. The smallest absolute Gasteiger partial charge is 0.341 e. The molecule has 1 saturated heterocycles. The first kappa shape index (κ1) is 21.1. The normalized spacial score (nSPS) is 14.7. The van der Waals surface area contributed by atoms with Crippen LogP contribution < -0.4 is 10.2 Å². The SMILES string of the molecule is CCOC(=O)c1c(NC(=O)CN2CCN(c3ccc(O)cc3)CC2)sc(C)c1C. The van der Waals surface area contributed by atoms with E-state index in [0.29, 0.717) is 17.2 Å². The summed E-state index contributed by atoms with van der Waals surface area (Å²) in [5.41, 5.74) is 2.38. The molecule has 29 heavy (non-hydrogen) atoms. The molecule has 1 aliphatic heterocycles. The molecule has 0 saturated carbocycles. The molecule has 1 fully saturated rings. The number of carbonyl (C=O) groups is 2. The second-order valence-electron chi connectivity index (χ2n) is 7.04. The third-order valence-corrected chi connectivity index (χ3v) is 6.19. The van der Waals surface area contributed by atoms with Crippen LogP contribution in [-0.2, 0) is 9.53 Å². The summed E-state index contributed by atoms with van der Waals surface area (Å²) in [5.74, 6) is -0.271. The molecular formula is C21H27N3O4S. The van der Waals surface area contributed by atoms with Crippen molar-refractivity contribution in [3.8, 4) is 5.75 Å². The predicted molar refractivity (Wildman–Crippen MR) is 115 cm³/mol. The van der Waals surface area contributed by atoms with Crippen LogP contribution in [-0.4, -0.2) is 61.2 Å². The lowest BCUT2D eigenvalue weighted by molar-refractivity contribution is -0.117. The maximum absolute atomic E-state index is 12.6. The zero-order valence-corrected chi connectivity index (χ0v) is 17.8. The van der Waals surface area contributed by atoms with E-state index in [0.717, 1.165) is 42.3 Å². The average Bonchev–Trinajstić information content (AvgIpc) is 2.96. The molecule has 1 aliphatic rings. The number of nitrogens with one attached hydrogen (secondary N) is 1. The summed E-state index contributed by atoms with van der Waals surface area (Å²) in [6, 6.07) is 7.16. The Morgan fingerprint density at radius 3 is 2.41 bits per heavy atom. The highest BCUT2D eigenvalue weighted by atomic mass is 32.1. The van der Waals surface area contributed by atoms with Crippen LogP contribution in [0.2, 0.25) is 0 Å². The van der Waals surface area contributed by atoms with Crippen molar-refractivity contribution in [1.29, 1.82) is 0 Å². The Bertz CT molecular complexity index is 871. The van der Waals surface area contributed by atoms with Gasteiger partial charge in [-0.05, 0) is 50.6 Å². The second kappa shape index (κ2) is 9.28. The van der Waals surface area contributed by atoms with Gasteiger partial charge < -0.3 is 20.1 Å². The van der Waals surface area contributed by atoms with Crippen molar-refractivity contribution in [1.82, 2.24) is 4.90 Å². The predicted octanol–water partition coefficient (Wildman–Crippen LogP) is 3.01. The minimum atomic E-state index is -0.396. The first-order valence-corrected chi connectivity index (χ1v) is 10.5. The molecule has 0 atom stereocenters. The average molecular weight is 418 g/mol. The molecule has 1 amide bonds. The van der Waals surface area contributed by atoms with Crippen molar-refractivity contribution in [3.05, 3.63) is 40.3 Å². The molecule has 1 aromatic heterocycles. The number of hydrogen-bond acceptors (Lipinski definition) is 7. The standard InChI is InChI=1S/C21H27N3O4S/c1-4-28-21(27)19-14(2)15(3)29-20(19)22-18(26)13-23-9-11-24(12-10-23)16-5-7-17(25)8-6-16/h5-8,25H,4,9-13H2,1-3H3,(H,22,26). The lowest BCUT2D eigenvalue weighted by Gasteiger charge is -2.35. The first-order valence-electron chi connectivity index (χ1n) is 9.72. The van der Waals surface area contributed by atoms with Crippen LogP contribution in [0.15, 0.2) is 24.3 Å². The molecule has 8 heteroatoms. The van der Waals surface area contributed by atoms with Crippen molar-refractivity contribution >= 4 is 33.9 Å². The lowest BCUT2D eigenvalue weighted by atomic mass is 10.1. The van der Waals surface area contributed by atoms with Crippen LogP contribution in [0.5, 0.6) is 5.75 Å². The molecule has 7 nitrogen and oxygen atoms in total. The number of anilines is 2. The van der Waals surface area contributed by atoms with E-state index in [1.165, 1.54) is 11.3 Å². The van der Waals surface area contributed by atoms with Crippen LogP contribution in [0.1, 0.15) is 27.7 Å². The van der Waals surface area contributed by atoms with Gasteiger partial charge in [-0.1, -0.05) is 0 Å². The van der Waals surface area contributed by atoms with Crippen LogP contribution in [0, 0.1) is 13.8 Å². The largest absolute Gasteiger partial charge is 0.508 e. The number of phenolic OH excluding ortho intramolecular Hbond substituents is 1. The second-order valence-corrected chi connectivity index (χ2v) is 8.26. The highest BCUT2D eigenvalue weighted by Crippen LogP contribution is 2.33. The number of thiophene rings is 1. The fraction of sp³-hybridized carbons (Fsp3) is 0.429. The van der Waals surface area contributed by atoms with Gasteiger partial charge in [0.1, 0.15) is 10.8 Å². The van der Waals surface area contributed by atoms with Gasteiger partial charge in [0.25, 0.3) is 0 Å². The molecule has 2 heterocycles. The van der Waals surface area contributed by atoms with Gasteiger partial charge in [0.05, 0.1) is 18.7 Å². The Labute approximate surface area is 174 Å². The Morgan fingerprint density at radius 1 is 1.14 bits per heavy atom. The monoisotopic (exact) mass is 417 g/mol. The molecule has 0 spiro atoms. The van der Waals surface area contributed by atoms with E-state index in [9.17, 15) is 14.7 Å². The molecule has 3 rings (SSSR count). The van der Waals surface area contributed by atoms with Crippen molar-refractivity contribution in [3.63, 3.8) is 0 Å². The first-order chi connectivity index (χ1) is 13.9. The Kier molecular flexibility index (Phi) is 6.76. The van der Waals surface area contributed by atoms with Crippen molar-refractivity contribution in [2.24, 2.45) is 0 Å². The third-order valence-electron chi connectivity index (χ3n) is 5.07. The van der Waals surface area contributed by atoms with Gasteiger partial charge in [-0.2, -0.15) is 0 Å². The summed E-state index contributed by atoms with van der Waals surface area (Å²) in [7, 11) is 0. The van der Waals surface area contributed by atoms with Crippen LogP contribution in [0.4, 0.5) is 10.7 Å². The fourth-order valence-corrected chi connectivity index (χ4v) is 4.43. The Balaban J connectivity index is 1.56. The fourth-order valence-electron chi connectivity index (χ4n) is 3.36. The number of rotatable bonds is 6. The van der Waals surface area contributed by atoms with E-state index in [1.54, 1.807) is 19.1 Å². The molecule has 156 valence electrons. The van der Waals surface area contributed by atoms with Gasteiger partial charge >= 0.3 is 5.97 Å². The quantitative estimate of drug-likeness (QED) is 0.703. The van der Waals surface area contributed by atoms with Gasteiger partial charge in [0.15, 0.2) is 0 Å². The summed E-state index contributed by atoms with van der Waals surface area (Å²) < 4.78 is 5.14. The van der Waals surface area contributed by atoms with Crippen LogP contribution in [0.3, 0.4) is 0 Å². The highest BCUT2D eigenvalue weighted by molar-refractivity contribution is 7.16. The summed E-state index contributed by atoms with van der Waals surface area (Å²) >= 11 is 1.40. The topological polar surface area (TPSA) is 82.1 Å². The van der Waals surface area contributed by atoms with E-state index in [1.807, 2.05) is 26.0 Å². The molecule has 0 bridgehead atoms. The van der Waals surface area contributed by atoms with E-state index in [2.05, 4.69) is 15.1 Å². The van der Waals surface area contributed by atoms with Crippen LogP contribution >= 0.6 is 11.3 Å². The minimum Gasteiger partial charge on any atom is -0.508 e. The summed E-state index contributed by atoms with van der Waals surface area (Å²) in [5, 5.41) is 12.9. The Morgan fingerprint density at radius 2 is 1.79 bits per heavy atom. The van der Waals surface area contributed by atoms with Crippen molar-refractivity contribution in [2.45, 2.75) is 20.8 Å². The van der Waals surface area contributed by atoms with E-state index in [4.69, 9.17) is 4.74 Å². The summed E-state index contributed by atoms with van der Waals surface area (Å²) in [6.45, 7) is 9.29. The molecule has 2 N–H and O–H groups in total. The minimum absolute atomic E-state index is 0.130. The van der Waals surface area contributed by atoms with Gasteiger partial charge in [-0.15, -0.1) is 11.3 Å². The van der Waals surface area contributed by atoms with Gasteiger partial charge in [0, 0.05) is 36.7 Å². The number of benzene rings is 1. The van der Waals surface area contributed by atoms with Crippen molar-refractivity contribution < 1.29 is 19.4 Å². The zero-order chi connectivity index (χ0) is 21.0. The Hall–Kier alpha value is -2.58. The summed E-state index contributed by atoms with van der Waals surface area (Å²) in [6.07, 6.45) is 0. The van der Waals surface area contributed by atoms with E-state index < -0.39 is 5.97 Å². The molecule has 0 radical (unpaired) electrons. The van der Waals surface area contributed by atoms with Gasteiger partial charge in [-0.3, -0.25) is 9.69 Å². The number of carbonyl (C=O) groups excluding carboxylic acids is 2. The summed E-state index contributed by atoms with van der Waals surface area (Å²) in [4.78, 5) is 30.2. The number of esters is 1. The van der Waals surface area contributed by atoms with Gasteiger partial charge in [-0.25, -0.2) is 4.79 Å². The zero-order valence-electron chi connectivity index (χ0n) is 17.0. The highest BCUT2D eigenvalue weighted by Gasteiger charge is 2.24. The molecule has 0 unspecified atom stereocenters. The number of nitrogens with zero attached hydrogens (tertiary/aromatic N) is 2. The number of aromatic hydroxyl groups is 1. The number of hydrogen-bond donors (Lipinski definition) is 2. The lowest BCUT2D eigenvalue weighted by Crippen LogP contribution is -2.48.